The van der Waals surface area contributed by atoms with Gasteiger partial charge in [0.05, 0.1) is 19.0 Å². The molecule has 0 saturated carbocycles. The maximum absolute atomic E-state index is 11.9. The van der Waals surface area contributed by atoms with E-state index in [2.05, 4.69) is 20.2 Å². The van der Waals surface area contributed by atoms with Gasteiger partial charge in [-0.05, 0) is 23.8 Å². The third-order valence-corrected chi connectivity index (χ3v) is 4.67. The Kier molecular flexibility index (Phi) is 6.03. The van der Waals surface area contributed by atoms with E-state index in [0.717, 1.165) is 42.6 Å². The van der Waals surface area contributed by atoms with Gasteiger partial charge in [-0.15, -0.1) is 11.8 Å². The first-order valence-corrected chi connectivity index (χ1v) is 8.87. The van der Waals surface area contributed by atoms with E-state index < -0.39 is 0 Å². The monoisotopic (exact) mass is 344 g/mol. The van der Waals surface area contributed by atoms with Crippen molar-refractivity contribution in [3.8, 4) is 0 Å². The van der Waals surface area contributed by atoms with Crippen molar-refractivity contribution in [2.75, 3.05) is 37.0 Å². The molecule has 1 saturated heterocycles. The fraction of sp³-hybridized carbons (Fsp3) is 0.353. The van der Waals surface area contributed by atoms with Crippen LogP contribution in [-0.4, -0.2) is 47.9 Å². The molecule has 3 heterocycles. The Morgan fingerprint density at radius 3 is 2.71 bits per heavy atom. The number of thioether (sulfide) groups is 1. The van der Waals surface area contributed by atoms with Crippen LogP contribution in [0.3, 0.4) is 0 Å². The van der Waals surface area contributed by atoms with E-state index in [1.165, 1.54) is 11.8 Å². The number of anilines is 1. The third-order valence-electron chi connectivity index (χ3n) is 3.65. The summed E-state index contributed by atoms with van der Waals surface area (Å²) in [5.41, 5.74) is 0.995. The summed E-state index contributed by atoms with van der Waals surface area (Å²) in [6.45, 7) is 3.72. The first-order valence-electron chi connectivity index (χ1n) is 7.88. The molecule has 1 amide bonds. The van der Waals surface area contributed by atoms with E-state index in [-0.39, 0.29) is 5.91 Å². The second-order valence-electron chi connectivity index (χ2n) is 5.37. The summed E-state index contributed by atoms with van der Waals surface area (Å²) in [4.78, 5) is 23.6. The van der Waals surface area contributed by atoms with E-state index in [1.807, 2.05) is 30.5 Å². The third kappa shape index (κ3) is 4.94. The normalized spacial score (nSPS) is 14.4. The molecule has 1 N–H and O–H groups in total. The lowest BCUT2D eigenvalue weighted by Crippen LogP contribution is -2.36. The number of ether oxygens (including phenoxy) is 1. The highest BCUT2D eigenvalue weighted by molar-refractivity contribution is 8.00. The van der Waals surface area contributed by atoms with Gasteiger partial charge in [-0.25, -0.2) is 4.98 Å². The van der Waals surface area contributed by atoms with Crippen LogP contribution in [0.1, 0.15) is 5.56 Å². The summed E-state index contributed by atoms with van der Waals surface area (Å²) in [5.74, 6) is 1.36. The zero-order chi connectivity index (χ0) is 16.6. The highest BCUT2D eigenvalue weighted by atomic mass is 32.2. The molecular weight excluding hydrogens is 324 g/mol. The molecular formula is C17H20N4O2S. The molecule has 0 spiro atoms. The number of rotatable bonds is 6. The van der Waals surface area contributed by atoms with Crippen LogP contribution in [0.15, 0.2) is 47.8 Å². The van der Waals surface area contributed by atoms with Gasteiger partial charge in [-0.2, -0.15) is 0 Å². The van der Waals surface area contributed by atoms with Crippen molar-refractivity contribution in [1.29, 1.82) is 0 Å². The number of hydrogen-bond donors (Lipinski definition) is 1. The molecule has 1 fully saturated rings. The molecule has 126 valence electrons. The highest BCUT2D eigenvalue weighted by Crippen LogP contribution is 2.16. The summed E-state index contributed by atoms with van der Waals surface area (Å²) < 4.78 is 5.34. The Hall–Kier alpha value is -2.12. The summed E-state index contributed by atoms with van der Waals surface area (Å²) in [6.07, 6.45) is 5.27. The molecule has 7 heteroatoms. The second-order valence-corrected chi connectivity index (χ2v) is 6.42. The van der Waals surface area contributed by atoms with Crippen molar-refractivity contribution in [3.63, 3.8) is 0 Å². The van der Waals surface area contributed by atoms with Crippen LogP contribution < -0.4 is 10.2 Å². The molecule has 2 aromatic heterocycles. The fourth-order valence-electron chi connectivity index (χ4n) is 2.34. The van der Waals surface area contributed by atoms with Crippen molar-refractivity contribution >= 4 is 23.5 Å². The minimum absolute atomic E-state index is 0.00840. The minimum atomic E-state index is 0.00840. The van der Waals surface area contributed by atoms with Crippen molar-refractivity contribution in [3.05, 3.63) is 48.4 Å². The van der Waals surface area contributed by atoms with Crippen LogP contribution in [0.4, 0.5) is 5.82 Å². The summed E-state index contributed by atoms with van der Waals surface area (Å²) >= 11 is 1.50. The van der Waals surface area contributed by atoms with E-state index in [4.69, 9.17) is 4.74 Å². The Labute approximate surface area is 145 Å². The molecule has 3 rings (SSSR count). The number of pyridine rings is 2. The Balaban J connectivity index is 1.43. The first-order chi connectivity index (χ1) is 11.8. The molecule has 0 aromatic carbocycles. The van der Waals surface area contributed by atoms with E-state index in [1.54, 1.807) is 12.4 Å². The van der Waals surface area contributed by atoms with Crippen LogP contribution >= 0.6 is 11.8 Å². The fourth-order valence-corrected chi connectivity index (χ4v) is 3.05. The number of aromatic nitrogens is 2. The first kappa shape index (κ1) is 16.7. The number of carbonyl (C=O) groups excluding carboxylic acids is 1. The molecule has 1 aliphatic heterocycles. The second kappa shape index (κ2) is 8.65. The lowest BCUT2D eigenvalue weighted by Gasteiger charge is -2.27. The zero-order valence-corrected chi connectivity index (χ0v) is 14.2. The molecule has 0 radical (unpaired) electrons. The Morgan fingerprint density at radius 1 is 1.21 bits per heavy atom. The molecule has 6 nitrogen and oxygen atoms in total. The maximum Gasteiger partial charge on any atom is 0.230 e. The molecule has 1 aliphatic rings. The Bertz CT molecular complexity index is 645. The molecule has 2 aromatic rings. The number of nitrogens with zero attached hydrogens (tertiary/aromatic N) is 3. The van der Waals surface area contributed by atoms with Crippen LogP contribution in [-0.2, 0) is 16.1 Å². The van der Waals surface area contributed by atoms with Crippen LogP contribution in [0, 0.1) is 0 Å². The smallest absolute Gasteiger partial charge is 0.230 e. The number of nitrogens with one attached hydrogen (secondary N) is 1. The molecule has 0 aliphatic carbocycles. The van der Waals surface area contributed by atoms with Gasteiger partial charge < -0.3 is 15.0 Å². The Morgan fingerprint density at radius 2 is 2.00 bits per heavy atom. The summed E-state index contributed by atoms with van der Waals surface area (Å²) in [6, 6.07) is 7.80. The van der Waals surface area contributed by atoms with Crippen LogP contribution in [0.25, 0.3) is 0 Å². The lowest BCUT2D eigenvalue weighted by atomic mass is 10.2. The quantitative estimate of drug-likeness (QED) is 0.805. The molecule has 0 unspecified atom stereocenters. The number of morpholine rings is 1. The van der Waals surface area contributed by atoms with Gasteiger partial charge in [0.15, 0.2) is 0 Å². The zero-order valence-electron chi connectivity index (χ0n) is 13.4. The van der Waals surface area contributed by atoms with Crippen LogP contribution in [0.5, 0.6) is 0 Å². The average Bonchev–Trinajstić information content (AvgIpc) is 2.67. The summed E-state index contributed by atoms with van der Waals surface area (Å²) in [5, 5.41) is 2.92. The summed E-state index contributed by atoms with van der Waals surface area (Å²) in [7, 11) is 0. The van der Waals surface area contributed by atoms with Crippen molar-refractivity contribution in [2.45, 2.75) is 11.4 Å². The number of carbonyl (C=O) groups is 1. The van der Waals surface area contributed by atoms with Gasteiger partial charge in [0.25, 0.3) is 0 Å². The van der Waals surface area contributed by atoms with E-state index in [9.17, 15) is 4.79 Å². The number of amides is 1. The maximum atomic E-state index is 11.9. The van der Waals surface area contributed by atoms with Gasteiger partial charge in [-0.3, -0.25) is 9.78 Å². The SMILES string of the molecule is O=C(CSc1ccncc1)NCc1ccc(N2CCOCC2)nc1. The van der Waals surface area contributed by atoms with E-state index >= 15 is 0 Å². The van der Waals surface area contributed by atoms with Crippen LogP contribution in [0.2, 0.25) is 0 Å². The molecule has 0 bridgehead atoms. The molecule has 0 atom stereocenters. The predicted molar refractivity (Wildman–Crippen MR) is 94.1 cm³/mol. The minimum Gasteiger partial charge on any atom is -0.378 e. The van der Waals surface area contributed by atoms with Gasteiger partial charge in [0.2, 0.25) is 5.91 Å². The standard InChI is InChI=1S/C17H20N4O2S/c22-17(13-24-15-3-5-18-6-4-15)20-12-14-1-2-16(19-11-14)21-7-9-23-10-8-21/h1-6,11H,7-10,12-13H2,(H,20,22). The topological polar surface area (TPSA) is 67.4 Å². The van der Waals surface area contributed by atoms with Gasteiger partial charge >= 0.3 is 0 Å². The van der Waals surface area contributed by atoms with Gasteiger partial charge in [0.1, 0.15) is 5.82 Å². The molecule has 24 heavy (non-hydrogen) atoms. The van der Waals surface area contributed by atoms with Crippen molar-refractivity contribution in [1.82, 2.24) is 15.3 Å². The van der Waals surface area contributed by atoms with Crippen molar-refractivity contribution in [2.24, 2.45) is 0 Å². The van der Waals surface area contributed by atoms with Gasteiger partial charge in [-0.1, -0.05) is 6.07 Å². The number of hydrogen-bond acceptors (Lipinski definition) is 6. The lowest BCUT2D eigenvalue weighted by molar-refractivity contribution is -0.118. The van der Waals surface area contributed by atoms with E-state index in [0.29, 0.717) is 12.3 Å². The highest BCUT2D eigenvalue weighted by Gasteiger charge is 2.12. The van der Waals surface area contributed by atoms with Gasteiger partial charge in [0, 0.05) is 43.1 Å². The predicted octanol–water partition coefficient (Wildman–Crippen LogP) is 1.72. The average molecular weight is 344 g/mol. The largest absolute Gasteiger partial charge is 0.378 e. The van der Waals surface area contributed by atoms with Crippen molar-refractivity contribution < 1.29 is 9.53 Å².